The fourth-order valence-corrected chi connectivity index (χ4v) is 4.47. The second-order valence-electron chi connectivity index (χ2n) is 7.04. The molecule has 0 bridgehead atoms. The molecule has 0 aliphatic carbocycles. The van der Waals surface area contributed by atoms with Gasteiger partial charge in [0, 0.05) is 20.6 Å². The first kappa shape index (κ1) is 24.2. The van der Waals surface area contributed by atoms with Gasteiger partial charge in [-0.25, -0.2) is 4.99 Å². The number of rotatable bonds is 6. The molecule has 34 heavy (non-hydrogen) atoms. The molecular weight excluding hydrogens is 517 g/mol. The van der Waals surface area contributed by atoms with Crippen LogP contribution in [0.2, 0.25) is 15.1 Å². The normalized spacial score (nSPS) is 15.9. The lowest BCUT2D eigenvalue weighted by Crippen LogP contribution is -2.28. The van der Waals surface area contributed by atoms with Crippen molar-refractivity contribution < 1.29 is 14.3 Å². The molecule has 2 N–H and O–H groups in total. The highest BCUT2D eigenvalue weighted by atomic mass is 35.5. The Hall–Kier alpha value is -2.97. The van der Waals surface area contributed by atoms with Gasteiger partial charge in [0.1, 0.15) is 5.75 Å². The van der Waals surface area contributed by atoms with Gasteiger partial charge in [-0.2, -0.15) is 0 Å². The summed E-state index contributed by atoms with van der Waals surface area (Å²) in [5.74, 6) is -0.544. The van der Waals surface area contributed by atoms with Crippen LogP contribution in [-0.2, 0) is 9.59 Å². The Morgan fingerprint density at radius 2 is 1.59 bits per heavy atom. The predicted molar refractivity (Wildman–Crippen MR) is 139 cm³/mol. The maximum absolute atomic E-state index is 13.5. The van der Waals surface area contributed by atoms with E-state index >= 15 is 0 Å². The number of carbonyl (C=O) groups excluding carboxylic acids is 2. The number of amidine groups is 1. The Bertz CT molecular complexity index is 1310. The molecule has 3 aromatic rings. The van der Waals surface area contributed by atoms with Gasteiger partial charge in [0.25, 0.3) is 11.8 Å². The molecule has 0 saturated carbocycles. The van der Waals surface area contributed by atoms with E-state index < -0.39 is 5.91 Å². The summed E-state index contributed by atoms with van der Waals surface area (Å²) in [5.41, 5.74) is 6.96. The zero-order valence-corrected chi connectivity index (χ0v) is 20.5. The lowest BCUT2D eigenvalue weighted by atomic mass is 10.1. The number of hydrogen-bond acceptors (Lipinski definition) is 5. The topological polar surface area (TPSA) is 85.0 Å². The number of thioether (sulfide) groups is 1. The molecule has 172 valence electrons. The molecule has 10 heteroatoms. The first-order chi connectivity index (χ1) is 16.3. The van der Waals surface area contributed by atoms with Crippen LogP contribution in [-0.4, -0.2) is 23.6 Å². The summed E-state index contributed by atoms with van der Waals surface area (Å²) < 4.78 is 5.49. The van der Waals surface area contributed by atoms with E-state index in [1.165, 1.54) is 16.7 Å². The number of nitrogens with two attached hydrogens (primary N) is 1. The molecule has 1 aliphatic rings. The van der Waals surface area contributed by atoms with E-state index in [0.29, 0.717) is 47.8 Å². The third kappa shape index (κ3) is 5.74. The minimum atomic E-state index is -0.619. The summed E-state index contributed by atoms with van der Waals surface area (Å²) in [4.78, 5) is 31.2. The monoisotopic (exact) mass is 531 g/mol. The van der Waals surface area contributed by atoms with Crippen LogP contribution in [0.1, 0.15) is 5.56 Å². The highest BCUT2D eigenvalue weighted by molar-refractivity contribution is 8.19. The summed E-state index contributed by atoms with van der Waals surface area (Å²) in [7, 11) is 0. The first-order valence-electron chi connectivity index (χ1n) is 9.84. The smallest absolute Gasteiger partial charge is 0.271 e. The van der Waals surface area contributed by atoms with Gasteiger partial charge in [-0.05, 0) is 84.6 Å². The number of aliphatic imine (C=N–C) groups is 1. The predicted octanol–water partition coefficient (Wildman–Crippen LogP) is 6.32. The summed E-state index contributed by atoms with van der Waals surface area (Å²) in [5, 5.41) is 2.02. The maximum Gasteiger partial charge on any atom is 0.271 e. The molecular formula is C24H16Cl3N3O3S. The third-order valence-corrected chi connectivity index (χ3v) is 6.28. The SMILES string of the molecule is NC(=O)COc1ccc(Cl)cc1/C=C1\SC(=Nc2ccc(Cl)cc2)N(c2ccc(Cl)cc2)C1=O. The third-order valence-electron chi connectivity index (χ3n) is 4.57. The van der Waals surface area contributed by atoms with Crippen molar-refractivity contribution in [3.8, 4) is 5.75 Å². The molecule has 1 fully saturated rings. The Morgan fingerprint density at radius 1 is 0.971 bits per heavy atom. The van der Waals surface area contributed by atoms with Crippen molar-refractivity contribution in [2.24, 2.45) is 10.7 Å². The number of primary amides is 1. The van der Waals surface area contributed by atoms with Crippen LogP contribution in [0.15, 0.2) is 76.6 Å². The number of amides is 2. The summed E-state index contributed by atoms with van der Waals surface area (Å²) in [6, 6.07) is 18.7. The van der Waals surface area contributed by atoms with E-state index in [1.807, 2.05) is 0 Å². The van der Waals surface area contributed by atoms with Crippen LogP contribution in [0.25, 0.3) is 6.08 Å². The van der Waals surface area contributed by atoms with E-state index in [0.717, 1.165) is 0 Å². The molecule has 1 aliphatic heterocycles. The molecule has 3 aromatic carbocycles. The molecule has 0 radical (unpaired) electrons. The number of benzene rings is 3. The van der Waals surface area contributed by atoms with Crippen LogP contribution in [0.4, 0.5) is 11.4 Å². The van der Waals surface area contributed by atoms with E-state index in [4.69, 9.17) is 45.3 Å². The number of ether oxygens (including phenoxy) is 1. The Morgan fingerprint density at radius 3 is 2.24 bits per heavy atom. The first-order valence-corrected chi connectivity index (χ1v) is 11.8. The second kappa shape index (κ2) is 10.5. The maximum atomic E-state index is 13.5. The van der Waals surface area contributed by atoms with Gasteiger partial charge in [-0.3, -0.25) is 14.5 Å². The van der Waals surface area contributed by atoms with Gasteiger partial charge in [-0.1, -0.05) is 34.8 Å². The molecule has 1 heterocycles. The van der Waals surface area contributed by atoms with E-state index in [9.17, 15) is 9.59 Å². The van der Waals surface area contributed by atoms with Crippen LogP contribution >= 0.6 is 46.6 Å². The van der Waals surface area contributed by atoms with E-state index in [-0.39, 0.29) is 12.5 Å². The summed E-state index contributed by atoms with van der Waals surface area (Å²) >= 11 is 19.4. The van der Waals surface area contributed by atoms with Gasteiger partial charge in [-0.15, -0.1) is 0 Å². The lowest BCUT2D eigenvalue weighted by molar-refractivity contribution is -0.120. The molecule has 0 spiro atoms. The van der Waals surface area contributed by atoms with Gasteiger partial charge >= 0.3 is 0 Å². The largest absolute Gasteiger partial charge is 0.483 e. The van der Waals surface area contributed by atoms with Crippen molar-refractivity contribution in [1.82, 2.24) is 0 Å². The van der Waals surface area contributed by atoms with Gasteiger partial charge in [0.15, 0.2) is 11.8 Å². The van der Waals surface area contributed by atoms with Crippen molar-refractivity contribution in [3.63, 3.8) is 0 Å². The molecule has 2 amide bonds. The highest BCUT2D eigenvalue weighted by Crippen LogP contribution is 2.39. The van der Waals surface area contributed by atoms with E-state index in [2.05, 4.69) is 4.99 Å². The fourth-order valence-electron chi connectivity index (χ4n) is 3.05. The van der Waals surface area contributed by atoms with Crippen LogP contribution < -0.4 is 15.4 Å². The lowest BCUT2D eigenvalue weighted by Gasteiger charge is -2.15. The molecule has 4 rings (SSSR count). The molecule has 0 atom stereocenters. The van der Waals surface area contributed by atoms with Crippen molar-refractivity contribution in [3.05, 3.63) is 92.3 Å². The zero-order valence-electron chi connectivity index (χ0n) is 17.4. The standard InChI is InChI=1S/C24H16Cl3N3O3S/c25-15-1-6-18(7-2-15)29-24-30(19-8-3-16(26)4-9-19)23(32)21(34-24)12-14-11-17(27)5-10-20(14)33-13-22(28)31/h1-12H,13H2,(H2,28,31)/b21-12-,29-24?. The molecule has 0 aromatic heterocycles. The highest BCUT2D eigenvalue weighted by Gasteiger charge is 2.35. The molecule has 1 saturated heterocycles. The van der Waals surface area contributed by atoms with Gasteiger partial charge in [0.05, 0.1) is 16.3 Å². The number of hydrogen-bond donors (Lipinski definition) is 1. The molecule has 6 nitrogen and oxygen atoms in total. The van der Waals surface area contributed by atoms with Gasteiger partial charge < -0.3 is 10.5 Å². The minimum Gasteiger partial charge on any atom is -0.483 e. The summed E-state index contributed by atoms with van der Waals surface area (Å²) in [6.07, 6.45) is 1.64. The quantitative estimate of drug-likeness (QED) is 0.377. The Balaban J connectivity index is 1.76. The zero-order chi connectivity index (χ0) is 24.2. The number of halogens is 3. The number of anilines is 1. The van der Waals surface area contributed by atoms with E-state index in [1.54, 1.807) is 72.8 Å². The van der Waals surface area contributed by atoms with Crippen molar-refractivity contribution in [2.75, 3.05) is 11.5 Å². The van der Waals surface area contributed by atoms with Crippen LogP contribution in [0.3, 0.4) is 0 Å². The average Bonchev–Trinajstić information content (AvgIpc) is 3.10. The minimum absolute atomic E-state index is 0.291. The average molecular weight is 533 g/mol. The van der Waals surface area contributed by atoms with Crippen LogP contribution in [0, 0.1) is 0 Å². The van der Waals surface area contributed by atoms with Gasteiger partial charge in [0.2, 0.25) is 0 Å². The van der Waals surface area contributed by atoms with Crippen molar-refractivity contribution in [1.29, 1.82) is 0 Å². The van der Waals surface area contributed by atoms with Crippen molar-refractivity contribution >= 4 is 81.0 Å². The van der Waals surface area contributed by atoms with Crippen LogP contribution in [0.5, 0.6) is 5.75 Å². The Labute approximate surface area is 215 Å². The molecule has 0 unspecified atom stereocenters. The fraction of sp³-hybridized carbons (Fsp3) is 0.0417. The second-order valence-corrected chi connectivity index (χ2v) is 9.35. The van der Waals surface area contributed by atoms with Crippen molar-refractivity contribution in [2.45, 2.75) is 0 Å². The number of carbonyl (C=O) groups is 2. The Kier molecular flexibility index (Phi) is 7.48. The summed E-state index contributed by atoms with van der Waals surface area (Å²) in [6.45, 7) is -0.306. The number of nitrogens with zero attached hydrogens (tertiary/aromatic N) is 2.